The standard InChI is InChI=1S/C24H18BrF4N3O4/c1-35-20-11-15(10-19(25)21(20)36-13-14-2-6-17(26)7-3-14)12-30-32-23(34)22(33)31-18-8-4-16(5-9-18)24(27,28)29/h2-12H,13H2,1H3,(H,31,33)(H,32,34)/b30-12+. The first-order valence-corrected chi connectivity index (χ1v) is 10.9. The molecule has 3 aromatic carbocycles. The van der Waals surface area contributed by atoms with Crippen LogP contribution < -0.4 is 20.2 Å². The first kappa shape index (κ1) is 26.7. The third-order valence-electron chi connectivity index (χ3n) is 4.60. The molecule has 0 aromatic heterocycles. The van der Waals surface area contributed by atoms with Gasteiger partial charge in [0, 0.05) is 5.69 Å². The monoisotopic (exact) mass is 567 g/mol. The lowest BCUT2D eigenvalue weighted by molar-refractivity contribution is -0.137. The van der Waals surface area contributed by atoms with E-state index in [-0.39, 0.29) is 18.1 Å². The number of hydrogen-bond donors (Lipinski definition) is 2. The zero-order valence-corrected chi connectivity index (χ0v) is 20.1. The van der Waals surface area contributed by atoms with E-state index in [0.29, 0.717) is 21.5 Å². The summed E-state index contributed by atoms with van der Waals surface area (Å²) < 4.78 is 62.5. The van der Waals surface area contributed by atoms with E-state index in [1.54, 1.807) is 24.3 Å². The average molecular weight is 568 g/mol. The number of halogens is 5. The van der Waals surface area contributed by atoms with Crippen molar-refractivity contribution >= 4 is 39.6 Å². The molecule has 0 unspecified atom stereocenters. The number of nitrogens with one attached hydrogen (secondary N) is 2. The lowest BCUT2D eigenvalue weighted by Crippen LogP contribution is -2.32. The van der Waals surface area contributed by atoms with E-state index in [4.69, 9.17) is 9.47 Å². The molecule has 0 aliphatic rings. The molecule has 0 aliphatic heterocycles. The Morgan fingerprint density at radius 2 is 1.69 bits per heavy atom. The molecule has 0 aliphatic carbocycles. The van der Waals surface area contributed by atoms with Crippen molar-refractivity contribution in [2.24, 2.45) is 5.10 Å². The van der Waals surface area contributed by atoms with E-state index < -0.39 is 23.6 Å². The third-order valence-corrected chi connectivity index (χ3v) is 5.19. The quantitative estimate of drug-likeness (QED) is 0.176. The van der Waals surface area contributed by atoms with Crippen molar-refractivity contribution in [2.45, 2.75) is 12.8 Å². The molecule has 2 amide bonds. The number of rotatable bonds is 7. The second-order valence-corrected chi connectivity index (χ2v) is 8.03. The molecule has 2 N–H and O–H groups in total. The van der Waals surface area contributed by atoms with Crippen LogP contribution in [0.3, 0.4) is 0 Å². The van der Waals surface area contributed by atoms with Gasteiger partial charge in [0.2, 0.25) is 0 Å². The summed E-state index contributed by atoms with van der Waals surface area (Å²) in [6.07, 6.45) is -3.26. The van der Waals surface area contributed by atoms with Crippen LogP contribution >= 0.6 is 15.9 Å². The van der Waals surface area contributed by atoms with E-state index in [1.165, 1.54) is 25.5 Å². The largest absolute Gasteiger partial charge is 0.493 e. The van der Waals surface area contributed by atoms with Crippen LogP contribution in [-0.4, -0.2) is 25.1 Å². The van der Waals surface area contributed by atoms with Gasteiger partial charge in [-0.2, -0.15) is 18.3 Å². The van der Waals surface area contributed by atoms with Gasteiger partial charge in [-0.3, -0.25) is 9.59 Å². The molecule has 3 aromatic rings. The Balaban J connectivity index is 1.59. The molecular formula is C24H18BrF4N3O4. The summed E-state index contributed by atoms with van der Waals surface area (Å²) in [5, 5.41) is 5.89. The van der Waals surface area contributed by atoms with Crippen molar-refractivity contribution in [1.82, 2.24) is 5.43 Å². The van der Waals surface area contributed by atoms with Crippen molar-refractivity contribution in [3.8, 4) is 11.5 Å². The minimum absolute atomic E-state index is 0.0111. The highest BCUT2D eigenvalue weighted by Crippen LogP contribution is 2.37. The van der Waals surface area contributed by atoms with Gasteiger partial charge in [0.1, 0.15) is 12.4 Å². The number of hydrogen-bond acceptors (Lipinski definition) is 5. The van der Waals surface area contributed by atoms with Crippen molar-refractivity contribution in [2.75, 3.05) is 12.4 Å². The SMILES string of the molecule is COc1cc(/C=N/NC(=O)C(=O)Nc2ccc(C(F)(F)F)cc2)cc(Br)c1OCc1ccc(F)cc1. The molecule has 0 heterocycles. The van der Waals surface area contributed by atoms with Crippen LogP contribution in [0.2, 0.25) is 0 Å². The minimum Gasteiger partial charge on any atom is -0.493 e. The molecule has 0 radical (unpaired) electrons. The topological polar surface area (TPSA) is 89.0 Å². The fourth-order valence-electron chi connectivity index (χ4n) is 2.84. The Kier molecular flexibility index (Phi) is 8.64. The highest BCUT2D eigenvalue weighted by atomic mass is 79.9. The van der Waals surface area contributed by atoms with E-state index >= 15 is 0 Å². The molecule has 0 saturated carbocycles. The smallest absolute Gasteiger partial charge is 0.416 e. The molecule has 3 rings (SSSR count). The van der Waals surface area contributed by atoms with Crippen LogP contribution in [0.1, 0.15) is 16.7 Å². The van der Waals surface area contributed by atoms with Crippen LogP contribution in [0, 0.1) is 5.82 Å². The van der Waals surface area contributed by atoms with Gasteiger partial charge in [-0.15, -0.1) is 0 Å². The highest BCUT2D eigenvalue weighted by Gasteiger charge is 2.30. The highest BCUT2D eigenvalue weighted by molar-refractivity contribution is 9.10. The number of amides is 2. The van der Waals surface area contributed by atoms with Gasteiger partial charge in [-0.05, 0) is 75.6 Å². The number of ether oxygens (including phenoxy) is 2. The lowest BCUT2D eigenvalue weighted by atomic mass is 10.2. The maximum atomic E-state index is 13.1. The maximum absolute atomic E-state index is 13.1. The zero-order chi connectivity index (χ0) is 26.3. The summed E-state index contributed by atoms with van der Waals surface area (Å²) in [6, 6.07) is 12.6. The number of anilines is 1. The predicted molar refractivity (Wildman–Crippen MR) is 127 cm³/mol. The summed E-state index contributed by atoms with van der Waals surface area (Å²) >= 11 is 3.37. The molecule has 0 bridgehead atoms. The van der Waals surface area contributed by atoms with E-state index in [1.807, 2.05) is 5.43 Å². The Bertz CT molecular complexity index is 1260. The number of carbonyl (C=O) groups is 2. The second kappa shape index (κ2) is 11.7. The van der Waals surface area contributed by atoms with Gasteiger partial charge < -0.3 is 14.8 Å². The number of methoxy groups -OCH3 is 1. The number of alkyl halides is 3. The molecule has 7 nitrogen and oxygen atoms in total. The summed E-state index contributed by atoms with van der Waals surface area (Å²) in [7, 11) is 1.43. The molecular weight excluding hydrogens is 550 g/mol. The first-order valence-electron chi connectivity index (χ1n) is 10.1. The van der Waals surface area contributed by atoms with Crippen LogP contribution in [0.4, 0.5) is 23.2 Å². The number of carbonyl (C=O) groups excluding carboxylic acids is 2. The van der Waals surface area contributed by atoms with E-state index in [0.717, 1.165) is 29.8 Å². The van der Waals surface area contributed by atoms with Crippen molar-refractivity contribution in [3.05, 3.63) is 87.6 Å². The predicted octanol–water partition coefficient (Wildman–Crippen LogP) is 5.28. The van der Waals surface area contributed by atoms with Crippen LogP contribution in [-0.2, 0) is 22.4 Å². The van der Waals surface area contributed by atoms with Gasteiger partial charge in [-0.1, -0.05) is 12.1 Å². The molecule has 0 atom stereocenters. The Labute approximate surface area is 211 Å². The molecule has 0 fully saturated rings. The fourth-order valence-corrected chi connectivity index (χ4v) is 3.41. The molecule has 0 spiro atoms. The Hall–Kier alpha value is -3.93. The van der Waals surface area contributed by atoms with Gasteiger partial charge in [0.15, 0.2) is 11.5 Å². The maximum Gasteiger partial charge on any atom is 0.416 e. The van der Waals surface area contributed by atoms with Gasteiger partial charge >= 0.3 is 18.0 Å². The molecule has 188 valence electrons. The van der Waals surface area contributed by atoms with Gasteiger partial charge in [-0.25, -0.2) is 9.82 Å². The number of nitrogens with zero attached hydrogens (tertiary/aromatic N) is 1. The normalized spacial score (nSPS) is 11.3. The summed E-state index contributed by atoms with van der Waals surface area (Å²) in [5.74, 6) is -1.87. The van der Waals surface area contributed by atoms with E-state index in [2.05, 4.69) is 26.3 Å². The van der Waals surface area contributed by atoms with Crippen LogP contribution in [0.5, 0.6) is 11.5 Å². The van der Waals surface area contributed by atoms with Crippen molar-refractivity contribution in [1.29, 1.82) is 0 Å². The lowest BCUT2D eigenvalue weighted by Gasteiger charge is -2.13. The molecule has 36 heavy (non-hydrogen) atoms. The third kappa shape index (κ3) is 7.28. The summed E-state index contributed by atoms with van der Waals surface area (Å²) in [4.78, 5) is 23.9. The summed E-state index contributed by atoms with van der Waals surface area (Å²) in [6.45, 7) is 0.160. The number of benzene rings is 3. The van der Waals surface area contributed by atoms with Crippen LogP contribution in [0.25, 0.3) is 0 Å². The number of hydrazone groups is 1. The second-order valence-electron chi connectivity index (χ2n) is 7.18. The van der Waals surface area contributed by atoms with Crippen molar-refractivity contribution in [3.63, 3.8) is 0 Å². The molecule has 0 saturated heterocycles. The first-order chi connectivity index (χ1) is 17.1. The molecule has 12 heteroatoms. The van der Waals surface area contributed by atoms with Crippen molar-refractivity contribution < 1.29 is 36.6 Å². The zero-order valence-electron chi connectivity index (χ0n) is 18.5. The van der Waals surface area contributed by atoms with Gasteiger partial charge in [0.05, 0.1) is 23.4 Å². The Morgan fingerprint density at radius 1 is 1.03 bits per heavy atom. The van der Waals surface area contributed by atoms with Crippen LogP contribution in [0.15, 0.2) is 70.2 Å². The van der Waals surface area contributed by atoms with E-state index in [9.17, 15) is 27.2 Å². The average Bonchev–Trinajstić information content (AvgIpc) is 2.83. The fraction of sp³-hybridized carbons (Fsp3) is 0.125. The Morgan fingerprint density at radius 3 is 2.31 bits per heavy atom. The minimum atomic E-state index is -4.51. The summed E-state index contributed by atoms with van der Waals surface area (Å²) in [5.41, 5.74) is 2.38. The van der Waals surface area contributed by atoms with Gasteiger partial charge in [0.25, 0.3) is 0 Å².